The normalized spacial score (nSPS) is 11.1. The minimum atomic E-state index is -0.467. The molecule has 0 aliphatic carbocycles. The van der Waals surface area contributed by atoms with Gasteiger partial charge >= 0.3 is 0 Å². The van der Waals surface area contributed by atoms with E-state index in [4.69, 9.17) is 5.73 Å². The zero-order valence-electron chi connectivity index (χ0n) is 8.97. The number of aromatic nitrogens is 1. The Morgan fingerprint density at radius 2 is 2.12 bits per heavy atom. The molecule has 0 saturated heterocycles. The number of carbonyl (C=O) groups excluding carboxylic acids is 1. The van der Waals surface area contributed by atoms with Gasteiger partial charge in [-0.3, -0.25) is 4.79 Å². The molecule has 0 atom stereocenters. The molecule has 0 radical (unpaired) electrons. The second-order valence-electron chi connectivity index (χ2n) is 3.67. The van der Waals surface area contributed by atoms with E-state index in [9.17, 15) is 4.79 Å². The molecule has 3 heteroatoms. The van der Waals surface area contributed by atoms with Crippen LogP contribution >= 0.6 is 0 Å². The molecule has 0 fully saturated rings. The minimum absolute atomic E-state index is 0.467. The molecule has 2 rings (SSSR count). The molecule has 0 aliphatic heterocycles. The van der Waals surface area contributed by atoms with Gasteiger partial charge in [0.05, 0.1) is 11.2 Å². The van der Waals surface area contributed by atoms with Crippen molar-refractivity contribution in [2.24, 2.45) is 5.73 Å². The summed E-state index contributed by atoms with van der Waals surface area (Å²) in [5.74, 6) is -0.467. The molecule has 0 saturated carbocycles. The van der Waals surface area contributed by atoms with Crippen molar-refractivity contribution >= 4 is 22.9 Å². The lowest BCUT2D eigenvalue weighted by Crippen LogP contribution is -2.05. The van der Waals surface area contributed by atoms with Crippen molar-refractivity contribution in [2.45, 2.75) is 6.92 Å². The molecule has 0 bridgehead atoms. The van der Waals surface area contributed by atoms with Crippen LogP contribution in [0.25, 0.3) is 17.0 Å². The molecule has 1 heterocycles. The number of hydrogen-bond acceptors (Lipinski definition) is 2. The number of nitrogens with two attached hydrogens (primary N) is 1. The molecule has 80 valence electrons. The number of aryl methyl sites for hydroxylation is 1. The SMILES string of the molecule is Cc1ccc2nc(/C=C/C(N)=O)ccc2c1. The first-order valence-electron chi connectivity index (χ1n) is 5.00. The summed E-state index contributed by atoms with van der Waals surface area (Å²) in [5, 5.41) is 1.09. The molecule has 0 aliphatic rings. The van der Waals surface area contributed by atoms with Crippen molar-refractivity contribution in [1.82, 2.24) is 4.98 Å². The Morgan fingerprint density at radius 1 is 1.31 bits per heavy atom. The van der Waals surface area contributed by atoms with Crippen LogP contribution in [0.5, 0.6) is 0 Å². The van der Waals surface area contributed by atoms with Crippen LogP contribution in [0, 0.1) is 6.92 Å². The number of carbonyl (C=O) groups is 1. The van der Waals surface area contributed by atoms with Gasteiger partial charge in [-0.25, -0.2) is 4.98 Å². The fraction of sp³-hybridized carbons (Fsp3) is 0.0769. The maximum absolute atomic E-state index is 10.6. The third kappa shape index (κ3) is 2.25. The van der Waals surface area contributed by atoms with Gasteiger partial charge in [-0.05, 0) is 31.2 Å². The first kappa shape index (κ1) is 10.4. The highest BCUT2D eigenvalue weighted by molar-refractivity contribution is 5.90. The second-order valence-corrected chi connectivity index (χ2v) is 3.67. The predicted molar refractivity (Wildman–Crippen MR) is 64.7 cm³/mol. The maximum Gasteiger partial charge on any atom is 0.241 e. The van der Waals surface area contributed by atoms with Gasteiger partial charge < -0.3 is 5.73 Å². The first-order chi connectivity index (χ1) is 7.65. The van der Waals surface area contributed by atoms with Crippen molar-refractivity contribution in [3.8, 4) is 0 Å². The Hall–Kier alpha value is -2.16. The highest BCUT2D eigenvalue weighted by Gasteiger charge is 1.96. The summed E-state index contributed by atoms with van der Waals surface area (Å²) >= 11 is 0. The summed E-state index contributed by atoms with van der Waals surface area (Å²) in [6.07, 6.45) is 2.92. The fourth-order valence-corrected chi connectivity index (χ4v) is 1.52. The van der Waals surface area contributed by atoms with Gasteiger partial charge in [0.15, 0.2) is 0 Å². The monoisotopic (exact) mass is 212 g/mol. The van der Waals surface area contributed by atoms with Crippen molar-refractivity contribution in [2.75, 3.05) is 0 Å². The summed E-state index contributed by atoms with van der Waals surface area (Å²) in [6.45, 7) is 2.04. The molecule has 0 unspecified atom stereocenters. The number of rotatable bonds is 2. The van der Waals surface area contributed by atoms with E-state index < -0.39 is 5.91 Å². The Kier molecular flexibility index (Phi) is 2.68. The highest BCUT2D eigenvalue weighted by atomic mass is 16.1. The smallest absolute Gasteiger partial charge is 0.241 e. The van der Waals surface area contributed by atoms with Crippen LogP contribution in [0.3, 0.4) is 0 Å². The Morgan fingerprint density at radius 3 is 2.88 bits per heavy atom. The summed E-state index contributed by atoms with van der Waals surface area (Å²) in [7, 11) is 0. The van der Waals surface area contributed by atoms with Crippen molar-refractivity contribution < 1.29 is 4.79 Å². The lowest BCUT2D eigenvalue weighted by molar-refractivity contribution is -0.113. The standard InChI is InChI=1S/C13H12N2O/c1-9-2-6-12-10(8-9)3-4-11(15-12)5-7-13(14)16/h2-8H,1H3,(H2,14,16)/b7-5+. The molecule has 16 heavy (non-hydrogen) atoms. The maximum atomic E-state index is 10.6. The van der Waals surface area contributed by atoms with Crippen LogP contribution in [0.2, 0.25) is 0 Å². The Bertz CT molecular complexity index is 573. The van der Waals surface area contributed by atoms with E-state index in [-0.39, 0.29) is 0 Å². The van der Waals surface area contributed by atoms with E-state index in [1.54, 1.807) is 6.08 Å². The van der Waals surface area contributed by atoms with Gasteiger partial charge in [0.1, 0.15) is 0 Å². The van der Waals surface area contributed by atoms with Gasteiger partial charge in [-0.15, -0.1) is 0 Å². The van der Waals surface area contributed by atoms with E-state index in [1.807, 2.05) is 31.2 Å². The lowest BCUT2D eigenvalue weighted by atomic mass is 10.1. The summed E-state index contributed by atoms with van der Waals surface area (Å²) in [4.78, 5) is 15.0. The van der Waals surface area contributed by atoms with Crippen LogP contribution in [0.4, 0.5) is 0 Å². The third-order valence-electron chi connectivity index (χ3n) is 2.28. The number of amides is 1. The van der Waals surface area contributed by atoms with E-state index in [0.717, 1.165) is 16.6 Å². The second kappa shape index (κ2) is 4.14. The number of hydrogen-bond donors (Lipinski definition) is 1. The van der Waals surface area contributed by atoms with Crippen LogP contribution in [0.1, 0.15) is 11.3 Å². The summed E-state index contributed by atoms with van der Waals surface area (Å²) in [6, 6.07) is 9.89. The fourth-order valence-electron chi connectivity index (χ4n) is 1.52. The van der Waals surface area contributed by atoms with Crippen molar-refractivity contribution in [1.29, 1.82) is 0 Å². The molecular weight excluding hydrogens is 200 g/mol. The highest BCUT2D eigenvalue weighted by Crippen LogP contribution is 2.14. The van der Waals surface area contributed by atoms with Gasteiger partial charge in [0.25, 0.3) is 0 Å². The van der Waals surface area contributed by atoms with Gasteiger partial charge in [-0.1, -0.05) is 17.7 Å². The van der Waals surface area contributed by atoms with Crippen LogP contribution < -0.4 is 5.73 Å². The molecule has 2 N–H and O–H groups in total. The van der Waals surface area contributed by atoms with E-state index in [2.05, 4.69) is 11.1 Å². The minimum Gasteiger partial charge on any atom is -0.366 e. The number of benzene rings is 1. The average Bonchev–Trinajstić information content (AvgIpc) is 2.26. The van der Waals surface area contributed by atoms with E-state index in [0.29, 0.717) is 0 Å². The first-order valence-corrected chi connectivity index (χ1v) is 5.00. The molecule has 0 spiro atoms. The predicted octanol–water partition coefficient (Wildman–Crippen LogP) is 2.04. The zero-order chi connectivity index (χ0) is 11.5. The average molecular weight is 212 g/mol. The Balaban J connectivity index is 2.44. The number of nitrogens with zero attached hydrogens (tertiary/aromatic N) is 1. The van der Waals surface area contributed by atoms with Gasteiger partial charge in [-0.2, -0.15) is 0 Å². The van der Waals surface area contributed by atoms with Gasteiger partial charge in [0.2, 0.25) is 5.91 Å². The van der Waals surface area contributed by atoms with Gasteiger partial charge in [0, 0.05) is 11.5 Å². The van der Waals surface area contributed by atoms with Crippen molar-refractivity contribution in [3.05, 3.63) is 47.7 Å². The summed E-state index contributed by atoms with van der Waals surface area (Å²) in [5.41, 5.74) is 7.87. The molecule has 3 nitrogen and oxygen atoms in total. The van der Waals surface area contributed by atoms with E-state index in [1.165, 1.54) is 11.6 Å². The molecule has 1 amide bonds. The number of pyridine rings is 1. The molecular formula is C13H12N2O. The van der Waals surface area contributed by atoms with Crippen LogP contribution in [-0.2, 0) is 4.79 Å². The Labute approximate surface area is 93.6 Å². The molecule has 1 aromatic carbocycles. The third-order valence-corrected chi connectivity index (χ3v) is 2.28. The lowest BCUT2D eigenvalue weighted by Gasteiger charge is -2.00. The number of primary amides is 1. The topological polar surface area (TPSA) is 56.0 Å². The number of fused-ring (bicyclic) bond motifs is 1. The largest absolute Gasteiger partial charge is 0.366 e. The summed E-state index contributed by atoms with van der Waals surface area (Å²) < 4.78 is 0. The zero-order valence-corrected chi connectivity index (χ0v) is 8.97. The van der Waals surface area contributed by atoms with Crippen LogP contribution in [0.15, 0.2) is 36.4 Å². The van der Waals surface area contributed by atoms with Crippen molar-refractivity contribution in [3.63, 3.8) is 0 Å². The quantitative estimate of drug-likeness (QED) is 0.774. The van der Waals surface area contributed by atoms with E-state index >= 15 is 0 Å². The molecule has 2 aromatic rings. The molecule has 1 aromatic heterocycles. The van der Waals surface area contributed by atoms with Crippen LogP contribution in [-0.4, -0.2) is 10.9 Å².